The van der Waals surface area contributed by atoms with Gasteiger partial charge in [0.25, 0.3) is 0 Å². The molecule has 0 atom stereocenters. The lowest BCUT2D eigenvalue weighted by Crippen LogP contribution is -2.32. The van der Waals surface area contributed by atoms with Gasteiger partial charge in [-0.3, -0.25) is 0 Å². The van der Waals surface area contributed by atoms with Crippen LogP contribution in [-0.4, -0.2) is 51.3 Å². The molecule has 0 fully saturated rings. The fourth-order valence-corrected chi connectivity index (χ4v) is 2.18. The van der Waals surface area contributed by atoms with Crippen molar-refractivity contribution in [2.45, 2.75) is 20.3 Å². The zero-order valence-corrected chi connectivity index (χ0v) is 13.9. The lowest BCUT2D eigenvalue weighted by molar-refractivity contribution is 0.250. The predicted octanol–water partition coefficient (Wildman–Crippen LogP) is 2.56. The highest BCUT2D eigenvalue weighted by molar-refractivity contribution is 5.92. The molecule has 0 aliphatic rings. The van der Waals surface area contributed by atoms with Crippen LogP contribution >= 0.6 is 0 Å². The van der Waals surface area contributed by atoms with Gasteiger partial charge in [0.1, 0.15) is 17.2 Å². The predicted molar refractivity (Wildman–Crippen MR) is 89.0 cm³/mol. The average Bonchev–Trinajstić information content (AvgIpc) is 2.55. The van der Waals surface area contributed by atoms with Crippen LogP contribution in [0, 0.1) is 0 Å². The molecule has 0 spiro atoms. The number of nitrogens with zero attached hydrogens (tertiary/aromatic N) is 1. The van der Waals surface area contributed by atoms with Gasteiger partial charge in [0, 0.05) is 6.54 Å². The molecule has 0 bridgehead atoms. The third-order valence-corrected chi connectivity index (χ3v) is 3.50. The highest BCUT2D eigenvalue weighted by atomic mass is 16.5. The Bertz CT molecular complexity index is 440. The van der Waals surface area contributed by atoms with Crippen molar-refractivity contribution in [3.8, 4) is 11.5 Å². The number of nitrogens with one attached hydrogen (secondary N) is 2. The molecule has 0 radical (unpaired) electrons. The summed E-state index contributed by atoms with van der Waals surface area (Å²) in [6.45, 7) is 7.93. The Morgan fingerprint density at radius 1 is 1.14 bits per heavy atom. The number of carbonyl (C=O) groups is 1. The molecule has 0 saturated carbocycles. The Morgan fingerprint density at radius 2 is 1.73 bits per heavy atom. The maximum Gasteiger partial charge on any atom is 0.319 e. The summed E-state index contributed by atoms with van der Waals surface area (Å²) in [5.74, 6) is 1.13. The molecule has 1 rings (SSSR count). The summed E-state index contributed by atoms with van der Waals surface area (Å²) in [6.07, 6.45) is 0.915. The molecule has 1 aromatic rings. The summed E-state index contributed by atoms with van der Waals surface area (Å²) >= 11 is 0. The van der Waals surface area contributed by atoms with Gasteiger partial charge in [-0.05, 0) is 38.2 Å². The van der Waals surface area contributed by atoms with Crippen molar-refractivity contribution in [1.82, 2.24) is 10.2 Å². The SMILES string of the molecule is CCN(CC)CCCNC(=O)Nc1c(OC)cccc1OC. The monoisotopic (exact) mass is 309 g/mol. The highest BCUT2D eigenvalue weighted by Crippen LogP contribution is 2.33. The second-order valence-corrected chi connectivity index (χ2v) is 4.80. The Balaban J connectivity index is 2.48. The second-order valence-electron chi connectivity index (χ2n) is 4.80. The molecule has 6 heteroatoms. The van der Waals surface area contributed by atoms with Crippen molar-refractivity contribution in [3.63, 3.8) is 0 Å². The number of carbonyl (C=O) groups excluding carboxylic acids is 1. The van der Waals surface area contributed by atoms with Gasteiger partial charge in [-0.1, -0.05) is 19.9 Å². The van der Waals surface area contributed by atoms with Gasteiger partial charge >= 0.3 is 6.03 Å². The molecule has 22 heavy (non-hydrogen) atoms. The van der Waals surface area contributed by atoms with Gasteiger partial charge in [0.2, 0.25) is 0 Å². The third-order valence-electron chi connectivity index (χ3n) is 3.50. The van der Waals surface area contributed by atoms with E-state index in [2.05, 4.69) is 29.4 Å². The van der Waals surface area contributed by atoms with Gasteiger partial charge in [-0.25, -0.2) is 4.79 Å². The van der Waals surface area contributed by atoms with E-state index in [-0.39, 0.29) is 6.03 Å². The van der Waals surface area contributed by atoms with Crippen molar-refractivity contribution >= 4 is 11.7 Å². The van der Waals surface area contributed by atoms with Gasteiger partial charge < -0.3 is 25.0 Å². The van der Waals surface area contributed by atoms with E-state index >= 15 is 0 Å². The zero-order chi connectivity index (χ0) is 16.4. The van der Waals surface area contributed by atoms with Crippen LogP contribution < -0.4 is 20.1 Å². The first kappa shape index (κ1) is 18.1. The molecular formula is C16H27N3O3. The molecule has 0 aliphatic carbocycles. The summed E-state index contributed by atoms with van der Waals surface area (Å²) in [7, 11) is 3.11. The molecule has 0 aromatic heterocycles. The number of anilines is 1. The Hall–Kier alpha value is -1.95. The van der Waals surface area contributed by atoms with Crippen LogP contribution in [0.5, 0.6) is 11.5 Å². The van der Waals surface area contributed by atoms with Gasteiger partial charge in [0.05, 0.1) is 14.2 Å². The molecule has 1 aromatic carbocycles. The molecule has 0 unspecified atom stereocenters. The molecule has 2 amide bonds. The van der Waals surface area contributed by atoms with Crippen LogP contribution in [0.2, 0.25) is 0 Å². The smallest absolute Gasteiger partial charge is 0.319 e. The fraction of sp³-hybridized carbons (Fsp3) is 0.562. The van der Waals surface area contributed by atoms with E-state index in [1.54, 1.807) is 26.4 Å². The third kappa shape index (κ3) is 5.44. The van der Waals surface area contributed by atoms with E-state index in [4.69, 9.17) is 9.47 Å². The minimum atomic E-state index is -0.262. The van der Waals surface area contributed by atoms with Crippen molar-refractivity contribution < 1.29 is 14.3 Å². The Morgan fingerprint density at radius 3 is 2.23 bits per heavy atom. The lowest BCUT2D eigenvalue weighted by atomic mass is 10.2. The lowest BCUT2D eigenvalue weighted by Gasteiger charge is -2.18. The minimum absolute atomic E-state index is 0.262. The summed E-state index contributed by atoms with van der Waals surface area (Å²) in [5, 5.41) is 5.63. The summed E-state index contributed by atoms with van der Waals surface area (Å²) in [4.78, 5) is 14.3. The molecule has 124 valence electrons. The maximum atomic E-state index is 12.0. The number of methoxy groups -OCH3 is 2. The van der Waals surface area contributed by atoms with E-state index in [0.29, 0.717) is 23.7 Å². The maximum absolute atomic E-state index is 12.0. The molecule has 0 saturated heterocycles. The first-order valence-electron chi connectivity index (χ1n) is 7.64. The van der Waals surface area contributed by atoms with E-state index < -0.39 is 0 Å². The standard InChI is InChI=1S/C16H27N3O3/c1-5-19(6-2)12-8-11-17-16(20)18-15-13(21-3)9-7-10-14(15)22-4/h7,9-10H,5-6,8,11-12H2,1-4H3,(H2,17,18,20). The van der Waals surface area contributed by atoms with Crippen LogP contribution in [-0.2, 0) is 0 Å². The second kappa shape index (κ2) is 9.89. The number of para-hydroxylation sites is 1. The number of urea groups is 1. The summed E-state index contributed by atoms with van der Waals surface area (Å²) < 4.78 is 10.5. The zero-order valence-electron chi connectivity index (χ0n) is 13.9. The van der Waals surface area contributed by atoms with E-state index in [1.807, 2.05) is 6.07 Å². The van der Waals surface area contributed by atoms with Crippen molar-refractivity contribution in [1.29, 1.82) is 0 Å². The summed E-state index contributed by atoms with van der Waals surface area (Å²) in [5.41, 5.74) is 0.536. The van der Waals surface area contributed by atoms with E-state index in [9.17, 15) is 4.79 Å². The van der Waals surface area contributed by atoms with Gasteiger partial charge in [0.15, 0.2) is 0 Å². The largest absolute Gasteiger partial charge is 0.494 e. The average molecular weight is 309 g/mol. The van der Waals surface area contributed by atoms with E-state index in [0.717, 1.165) is 26.1 Å². The van der Waals surface area contributed by atoms with Crippen molar-refractivity contribution in [3.05, 3.63) is 18.2 Å². The highest BCUT2D eigenvalue weighted by Gasteiger charge is 2.12. The Kier molecular flexibility index (Phi) is 8.14. The quantitative estimate of drug-likeness (QED) is 0.688. The van der Waals surface area contributed by atoms with Crippen molar-refractivity contribution in [2.75, 3.05) is 45.7 Å². The van der Waals surface area contributed by atoms with Crippen LogP contribution in [0.25, 0.3) is 0 Å². The number of rotatable bonds is 9. The van der Waals surface area contributed by atoms with Crippen LogP contribution in [0.4, 0.5) is 10.5 Å². The minimum Gasteiger partial charge on any atom is -0.494 e. The van der Waals surface area contributed by atoms with E-state index in [1.165, 1.54) is 0 Å². The Labute approximate surface area is 132 Å². The molecule has 0 heterocycles. The van der Waals surface area contributed by atoms with Crippen LogP contribution in [0.1, 0.15) is 20.3 Å². The number of hydrogen-bond donors (Lipinski definition) is 2. The normalized spacial score (nSPS) is 10.4. The molecular weight excluding hydrogens is 282 g/mol. The molecule has 6 nitrogen and oxygen atoms in total. The topological polar surface area (TPSA) is 62.8 Å². The van der Waals surface area contributed by atoms with Crippen LogP contribution in [0.15, 0.2) is 18.2 Å². The first-order valence-corrected chi connectivity index (χ1v) is 7.64. The molecule has 2 N–H and O–H groups in total. The number of amides is 2. The number of hydrogen-bond acceptors (Lipinski definition) is 4. The number of benzene rings is 1. The first-order chi connectivity index (χ1) is 10.7. The molecule has 0 aliphatic heterocycles. The number of ether oxygens (including phenoxy) is 2. The fourth-order valence-electron chi connectivity index (χ4n) is 2.18. The van der Waals surface area contributed by atoms with Gasteiger partial charge in [-0.2, -0.15) is 0 Å². The van der Waals surface area contributed by atoms with Gasteiger partial charge in [-0.15, -0.1) is 0 Å². The van der Waals surface area contributed by atoms with Crippen molar-refractivity contribution in [2.24, 2.45) is 0 Å². The summed E-state index contributed by atoms with van der Waals surface area (Å²) in [6, 6.07) is 5.10. The van der Waals surface area contributed by atoms with Crippen LogP contribution in [0.3, 0.4) is 0 Å².